The second kappa shape index (κ2) is 6.53. The molecule has 102 valence electrons. The zero-order valence-corrected chi connectivity index (χ0v) is 11.9. The third-order valence-corrected chi connectivity index (χ3v) is 3.47. The predicted molar refractivity (Wildman–Crippen MR) is 82.0 cm³/mol. The van der Waals surface area contributed by atoms with Crippen molar-refractivity contribution in [3.8, 4) is 0 Å². The maximum absolute atomic E-state index is 6.00. The lowest BCUT2D eigenvalue weighted by Crippen LogP contribution is -2.19. The first-order chi connectivity index (χ1) is 9.22. The number of rotatable bonds is 6. The molecule has 3 nitrogen and oxygen atoms in total. The van der Waals surface area contributed by atoms with Gasteiger partial charge < -0.3 is 10.6 Å². The van der Waals surface area contributed by atoms with E-state index in [9.17, 15) is 0 Å². The Labute approximate surface area is 115 Å². The van der Waals surface area contributed by atoms with E-state index in [-0.39, 0.29) is 0 Å². The molecule has 0 amide bonds. The average molecular weight is 257 g/mol. The summed E-state index contributed by atoms with van der Waals surface area (Å²) in [4.78, 5) is 6.84. The SMILES string of the molecule is CCCCCN(C)Cc1ccc(N)c2cccnc12. The van der Waals surface area contributed by atoms with Crippen LogP contribution in [0, 0.1) is 0 Å². The van der Waals surface area contributed by atoms with Crippen LogP contribution in [0.1, 0.15) is 31.7 Å². The van der Waals surface area contributed by atoms with Gasteiger partial charge in [-0.05, 0) is 43.8 Å². The van der Waals surface area contributed by atoms with Gasteiger partial charge in [0.2, 0.25) is 0 Å². The molecular formula is C16H23N3. The van der Waals surface area contributed by atoms with Crippen LogP contribution in [0.2, 0.25) is 0 Å². The smallest absolute Gasteiger partial charge is 0.0767 e. The Morgan fingerprint density at radius 3 is 2.84 bits per heavy atom. The van der Waals surface area contributed by atoms with Gasteiger partial charge in [0.15, 0.2) is 0 Å². The number of pyridine rings is 1. The normalized spacial score (nSPS) is 11.3. The first kappa shape index (κ1) is 13.8. The van der Waals surface area contributed by atoms with Crippen LogP contribution in [0.5, 0.6) is 0 Å². The van der Waals surface area contributed by atoms with Gasteiger partial charge in [0.25, 0.3) is 0 Å². The van der Waals surface area contributed by atoms with Crippen molar-refractivity contribution < 1.29 is 0 Å². The molecule has 0 aliphatic heterocycles. The highest BCUT2D eigenvalue weighted by Crippen LogP contribution is 2.23. The quantitative estimate of drug-likeness (QED) is 0.636. The fourth-order valence-corrected chi connectivity index (χ4v) is 2.38. The Bertz CT molecular complexity index is 537. The number of nitrogens with zero attached hydrogens (tertiary/aromatic N) is 2. The largest absolute Gasteiger partial charge is 0.398 e. The van der Waals surface area contributed by atoms with Crippen molar-refractivity contribution in [2.75, 3.05) is 19.3 Å². The number of anilines is 1. The molecule has 2 N–H and O–H groups in total. The van der Waals surface area contributed by atoms with Crippen molar-refractivity contribution in [3.05, 3.63) is 36.0 Å². The van der Waals surface area contributed by atoms with Gasteiger partial charge in [0, 0.05) is 23.8 Å². The molecule has 0 aliphatic carbocycles. The number of nitrogens with two attached hydrogens (primary N) is 1. The molecular weight excluding hydrogens is 234 g/mol. The third kappa shape index (κ3) is 3.44. The summed E-state index contributed by atoms with van der Waals surface area (Å²) >= 11 is 0. The number of benzene rings is 1. The van der Waals surface area contributed by atoms with Gasteiger partial charge in [-0.25, -0.2) is 0 Å². The van der Waals surface area contributed by atoms with Gasteiger partial charge in [0.05, 0.1) is 5.52 Å². The molecule has 0 atom stereocenters. The summed E-state index contributed by atoms with van der Waals surface area (Å²) in [5, 5.41) is 1.06. The van der Waals surface area contributed by atoms with Gasteiger partial charge in [-0.1, -0.05) is 25.8 Å². The zero-order valence-electron chi connectivity index (χ0n) is 11.9. The molecule has 0 bridgehead atoms. The minimum atomic E-state index is 0.806. The lowest BCUT2D eigenvalue weighted by molar-refractivity contribution is 0.319. The average Bonchev–Trinajstić information content (AvgIpc) is 2.43. The van der Waals surface area contributed by atoms with E-state index in [0.29, 0.717) is 0 Å². The molecule has 19 heavy (non-hydrogen) atoms. The van der Waals surface area contributed by atoms with Crippen molar-refractivity contribution >= 4 is 16.6 Å². The predicted octanol–water partition coefficient (Wildman–Crippen LogP) is 3.44. The van der Waals surface area contributed by atoms with Crippen molar-refractivity contribution in [1.29, 1.82) is 0 Å². The van der Waals surface area contributed by atoms with Gasteiger partial charge >= 0.3 is 0 Å². The summed E-state index contributed by atoms with van der Waals surface area (Å²) in [5.41, 5.74) is 9.09. The van der Waals surface area contributed by atoms with E-state index in [1.54, 1.807) is 0 Å². The number of aromatic nitrogens is 1. The minimum absolute atomic E-state index is 0.806. The first-order valence-corrected chi connectivity index (χ1v) is 7.03. The van der Waals surface area contributed by atoms with Gasteiger partial charge in [0.1, 0.15) is 0 Å². The van der Waals surface area contributed by atoms with Crippen LogP contribution >= 0.6 is 0 Å². The summed E-state index contributed by atoms with van der Waals surface area (Å²) in [6, 6.07) is 8.06. The van der Waals surface area contributed by atoms with Crippen molar-refractivity contribution in [3.63, 3.8) is 0 Å². The molecule has 0 aliphatic rings. The van der Waals surface area contributed by atoms with Crippen LogP contribution < -0.4 is 5.73 Å². The number of hydrogen-bond donors (Lipinski definition) is 1. The van der Waals surface area contributed by atoms with E-state index >= 15 is 0 Å². The molecule has 2 rings (SSSR count). The molecule has 0 unspecified atom stereocenters. The van der Waals surface area contributed by atoms with Crippen LogP contribution in [0.4, 0.5) is 5.69 Å². The summed E-state index contributed by atoms with van der Waals surface area (Å²) in [5.74, 6) is 0. The summed E-state index contributed by atoms with van der Waals surface area (Å²) in [6.07, 6.45) is 5.65. The highest BCUT2D eigenvalue weighted by Gasteiger charge is 2.07. The van der Waals surface area contributed by atoms with Crippen molar-refractivity contribution in [2.24, 2.45) is 0 Å². The van der Waals surface area contributed by atoms with Crippen LogP contribution in [-0.2, 0) is 6.54 Å². The van der Waals surface area contributed by atoms with E-state index in [1.165, 1.54) is 24.8 Å². The van der Waals surface area contributed by atoms with Crippen molar-refractivity contribution in [2.45, 2.75) is 32.7 Å². The Morgan fingerprint density at radius 2 is 2.05 bits per heavy atom. The van der Waals surface area contributed by atoms with E-state index in [1.807, 2.05) is 24.4 Å². The van der Waals surface area contributed by atoms with Crippen LogP contribution in [0.15, 0.2) is 30.5 Å². The molecule has 1 aromatic heterocycles. The van der Waals surface area contributed by atoms with E-state index in [4.69, 9.17) is 5.73 Å². The molecule has 3 heteroatoms. The van der Waals surface area contributed by atoms with Gasteiger partial charge in [-0.15, -0.1) is 0 Å². The fourth-order valence-electron chi connectivity index (χ4n) is 2.38. The van der Waals surface area contributed by atoms with E-state index in [0.717, 1.165) is 29.7 Å². The fraction of sp³-hybridized carbons (Fsp3) is 0.438. The number of hydrogen-bond acceptors (Lipinski definition) is 3. The molecule has 0 fully saturated rings. The standard InChI is InChI=1S/C16H23N3/c1-3-4-5-11-19(2)12-13-8-9-15(17)14-7-6-10-18-16(13)14/h6-10H,3-5,11-12,17H2,1-2H3. The number of nitrogen functional groups attached to an aromatic ring is 1. The molecule has 0 saturated heterocycles. The number of fused-ring (bicyclic) bond motifs is 1. The van der Waals surface area contributed by atoms with Crippen LogP contribution in [0.3, 0.4) is 0 Å². The van der Waals surface area contributed by atoms with Crippen LogP contribution in [-0.4, -0.2) is 23.5 Å². The molecule has 0 spiro atoms. The van der Waals surface area contributed by atoms with Crippen molar-refractivity contribution in [1.82, 2.24) is 9.88 Å². The second-order valence-electron chi connectivity index (χ2n) is 5.16. The van der Waals surface area contributed by atoms with E-state index < -0.39 is 0 Å². The Balaban J connectivity index is 2.14. The van der Waals surface area contributed by atoms with Crippen LogP contribution in [0.25, 0.3) is 10.9 Å². The monoisotopic (exact) mass is 257 g/mol. The highest BCUT2D eigenvalue weighted by molar-refractivity contribution is 5.92. The lowest BCUT2D eigenvalue weighted by Gasteiger charge is -2.17. The topological polar surface area (TPSA) is 42.1 Å². The molecule has 1 aromatic carbocycles. The Hall–Kier alpha value is -1.61. The van der Waals surface area contributed by atoms with Gasteiger partial charge in [-0.2, -0.15) is 0 Å². The Morgan fingerprint density at radius 1 is 1.21 bits per heavy atom. The highest BCUT2D eigenvalue weighted by atomic mass is 15.1. The lowest BCUT2D eigenvalue weighted by atomic mass is 10.1. The molecule has 1 heterocycles. The maximum atomic E-state index is 6.00. The summed E-state index contributed by atoms with van der Waals surface area (Å²) in [6.45, 7) is 4.29. The molecule has 0 saturated carbocycles. The zero-order chi connectivity index (χ0) is 13.7. The summed E-state index contributed by atoms with van der Waals surface area (Å²) in [7, 11) is 2.17. The third-order valence-electron chi connectivity index (χ3n) is 3.47. The second-order valence-corrected chi connectivity index (χ2v) is 5.16. The molecule has 0 radical (unpaired) electrons. The van der Waals surface area contributed by atoms with Gasteiger partial charge in [-0.3, -0.25) is 4.98 Å². The summed E-state index contributed by atoms with van der Waals surface area (Å²) < 4.78 is 0. The minimum Gasteiger partial charge on any atom is -0.398 e. The molecule has 2 aromatic rings. The Kier molecular flexibility index (Phi) is 4.74. The first-order valence-electron chi connectivity index (χ1n) is 7.03. The number of unbranched alkanes of at least 4 members (excludes halogenated alkanes) is 2. The van der Waals surface area contributed by atoms with E-state index in [2.05, 4.69) is 29.9 Å². The maximum Gasteiger partial charge on any atom is 0.0767 e.